The Morgan fingerprint density at radius 2 is 2.00 bits per heavy atom. The summed E-state index contributed by atoms with van der Waals surface area (Å²) < 4.78 is 5.37. The van der Waals surface area contributed by atoms with Crippen LogP contribution in [0, 0.1) is 12.3 Å². The summed E-state index contributed by atoms with van der Waals surface area (Å²) in [6, 6.07) is 5.85. The minimum atomic E-state index is -0.531. The van der Waals surface area contributed by atoms with Crippen LogP contribution >= 0.6 is 11.3 Å². The summed E-state index contributed by atoms with van der Waals surface area (Å²) in [5, 5.41) is 7.66. The largest absolute Gasteiger partial charge is 0.496 e. The smallest absolute Gasteiger partial charge is 0.245 e. The van der Waals surface area contributed by atoms with Crippen molar-refractivity contribution >= 4 is 28.3 Å². The van der Waals surface area contributed by atoms with E-state index < -0.39 is 5.41 Å². The number of hydrogen-bond donors (Lipinski definition) is 2. The molecule has 0 unspecified atom stereocenters. The van der Waals surface area contributed by atoms with Crippen molar-refractivity contribution in [3.8, 4) is 17.0 Å². The van der Waals surface area contributed by atoms with Gasteiger partial charge in [-0.2, -0.15) is 0 Å². The molecule has 2 N–H and O–H groups in total. The van der Waals surface area contributed by atoms with Crippen molar-refractivity contribution in [3.05, 3.63) is 29.1 Å². The molecule has 0 spiro atoms. The maximum absolute atomic E-state index is 12.0. The first-order valence-electron chi connectivity index (χ1n) is 7.89. The van der Waals surface area contributed by atoms with Crippen molar-refractivity contribution in [1.29, 1.82) is 0 Å². The molecule has 1 heterocycles. The lowest BCUT2D eigenvalue weighted by Gasteiger charge is -2.17. The summed E-state index contributed by atoms with van der Waals surface area (Å²) >= 11 is 1.33. The van der Waals surface area contributed by atoms with Gasteiger partial charge in [-0.15, -0.1) is 11.3 Å². The van der Waals surface area contributed by atoms with Gasteiger partial charge in [-0.1, -0.05) is 32.4 Å². The number of thiazole rings is 1. The number of carbonyl (C=O) groups is 2. The molecular weight excluding hydrogens is 338 g/mol. The molecular formula is C18H23N3O3S. The average Bonchev–Trinajstić information content (AvgIpc) is 2.99. The summed E-state index contributed by atoms with van der Waals surface area (Å²) in [5.74, 6) is 0.243. The summed E-state index contributed by atoms with van der Waals surface area (Å²) in [6.45, 7) is 7.29. The number of benzene rings is 1. The molecule has 0 aliphatic heterocycles. The zero-order chi connectivity index (χ0) is 18.6. The lowest BCUT2D eigenvalue weighted by molar-refractivity contribution is -0.130. The zero-order valence-corrected chi connectivity index (χ0v) is 15.9. The van der Waals surface area contributed by atoms with Crippen LogP contribution < -0.4 is 15.4 Å². The molecule has 2 aromatic rings. The quantitative estimate of drug-likeness (QED) is 0.857. The number of aromatic nitrogens is 1. The Morgan fingerprint density at radius 1 is 1.28 bits per heavy atom. The van der Waals surface area contributed by atoms with Crippen LogP contribution in [0.15, 0.2) is 23.6 Å². The number of nitrogens with one attached hydrogen (secondary N) is 2. The van der Waals surface area contributed by atoms with Crippen molar-refractivity contribution in [2.75, 3.05) is 19.0 Å². The molecule has 134 valence electrons. The molecule has 6 nitrogen and oxygen atoms in total. The Hall–Kier alpha value is -2.41. The number of aryl methyl sites for hydroxylation is 1. The molecule has 0 aliphatic carbocycles. The van der Waals surface area contributed by atoms with Crippen molar-refractivity contribution in [1.82, 2.24) is 10.3 Å². The fraction of sp³-hybridized carbons (Fsp3) is 0.389. The predicted octanol–water partition coefficient (Wildman–Crippen LogP) is 3.23. The lowest BCUT2D eigenvalue weighted by Crippen LogP contribution is -2.39. The number of amides is 2. The van der Waals surface area contributed by atoms with Gasteiger partial charge in [0.2, 0.25) is 11.8 Å². The Balaban J connectivity index is 2.03. The van der Waals surface area contributed by atoms with Gasteiger partial charge in [0.25, 0.3) is 0 Å². The first kappa shape index (κ1) is 18.9. The minimum Gasteiger partial charge on any atom is -0.496 e. The monoisotopic (exact) mass is 361 g/mol. The van der Waals surface area contributed by atoms with Crippen molar-refractivity contribution in [2.24, 2.45) is 5.41 Å². The first-order valence-corrected chi connectivity index (χ1v) is 8.77. The standard InChI is InChI=1S/C18H23N3O3S/c1-11-6-7-14(24-5)12(8-11)13-10-25-17(20-13)21-15(22)9-19-16(23)18(2,3)4/h6-8,10H,9H2,1-5H3,(H,19,23)(H,20,21,22). The number of ether oxygens (including phenoxy) is 1. The normalized spacial score (nSPS) is 11.1. The topological polar surface area (TPSA) is 80.3 Å². The highest BCUT2D eigenvalue weighted by Gasteiger charge is 2.21. The van der Waals surface area contributed by atoms with E-state index in [-0.39, 0.29) is 18.4 Å². The van der Waals surface area contributed by atoms with Gasteiger partial charge in [-0.25, -0.2) is 4.98 Å². The predicted molar refractivity (Wildman–Crippen MR) is 99.9 cm³/mol. The van der Waals surface area contributed by atoms with E-state index in [9.17, 15) is 9.59 Å². The van der Waals surface area contributed by atoms with Gasteiger partial charge in [-0.05, 0) is 19.1 Å². The molecule has 0 saturated heterocycles. The van der Waals surface area contributed by atoms with Gasteiger partial charge >= 0.3 is 0 Å². The maximum atomic E-state index is 12.0. The number of rotatable bonds is 5. The van der Waals surface area contributed by atoms with E-state index in [0.717, 1.165) is 22.6 Å². The second-order valence-electron chi connectivity index (χ2n) is 6.72. The summed E-state index contributed by atoms with van der Waals surface area (Å²) in [7, 11) is 1.61. The Kier molecular flexibility index (Phi) is 5.79. The van der Waals surface area contributed by atoms with Gasteiger partial charge in [-0.3, -0.25) is 9.59 Å². The third-order valence-corrected chi connectivity index (χ3v) is 4.23. The van der Waals surface area contributed by atoms with E-state index >= 15 is 0 Å². The SMILES string of the molecule is COc1ccc(C)cc1-c1csc(NC(=O)CNC(=O)C(C)(C)C)n1. The molecule has 0 radical (unpaired) electrons. The molecule has 25 heavy (non-hydrogen) atoms. The van der Waals surface area contributed by atoms with E-state index in [1.807, 2.05) is 30.5 Å². The van der Waals surface area contributed by atoms with E-state index in [1.54, 1.807) is 27.9 Å². The highest BCUT2D eigenvalue weighted by molar-refractivity contribution is 7.14. The van der Waals surface area contributed by atoms with Crippen LogP contribution in [0.4, 0.5) is 5.13 Å². The first-order chi connectivity index (χ1) is 11.7. The molecule has 1 aromatic carbocycles. The molecule has 0 saturated carbocycles. The number of methoxy groups -OCH3 is 1. The summed E-state index contributed by atoms with van der Waals surface area (Å²) in [6.07, 6.45) is 0. The van der Waals surface area contributed by atoms with Gasteiger partial charge in [0.15, 0.2) is 5.13 Å². The van der Waals surface area contributed by atoms with E-state index in [1.165, 1.54) is 11.3 Å². The molecule has 2 rings (SSSR count). The molecule has 0 aliphatic rings. The van der Waals surface area contributed by atoms with Crippen molar-refractivity contribution in [3.63, 3.8) is 0 Å². The molecule has 0 atom stereocenters. The van der Waals surface area contributed by atoms with Crippen LogP contribution in [0.3, 0.4) is 0 Å². The van der Waals surface area contributed by atoms with Crippen LogP contribution in [-0.2, 0) is 9.59 Å². The van der Waals surface area contributed by atoms with E-state index in [0.29, 0.717) is 5.13 Å². The van der Waals surface area contributed by atoms with Crippen LogP contribution in [0.5, 0.6) is 5.75 Å². The van der Waals surface area contributed by atoms with E-state index in [4.69, 9.17) is 4.74 Å². The van der Waals surface area contributed by atoms with Crippen LogP contribution in [0.25, 0.3) is 11.3 Å². The second-order valence-corrected chi connectivity index (χ2v) is 7.58. The molecule has 0 fully saturated rings. The fourth-order valence-corrected chi connectivity index (χ4v) is 2.79. The Bertz CT molecular complexity index is 778. The van der Waals surface area contributed by atoms with Crippen molar-refractivity contribution in [2.45, 2.75) is 27.7 Å². The van der Waals surface area contributed by atoms with Gasteiger partial charge in [0, 0.05) is 16.4 Å². The number of carbonyl (C=O) groups excluding carboxylic acids is 2. The third-order valence-electron chi connectivity index (χ3n) is 3.47. The molecule has 2 amide bonds. The average molecular weight is 361 g/mol. The fourth-order valence-electron chi connectivity index (χ4n) is 2.07. The number of hydrogen-bond acceptors (Lipinski definition) is 5. The second kappa shape index (κ2) is 7.65. The summed E-state index contributed by atoms with van der Waals surface area (Å²) in [5.41, 5.74) is 2.18. The molecule has 1 aromatic heterocycles. The number of nitrogens with zero attached hydrogens (tertiary/aromatic N) is 1. The van der Waals surface area contributed by atoms with Crippen LogP contribution in [-0.4, -0.2) is 30.5 Å². The van der Waals surface area contributed by atoms with E-state index in [2.05, 4.69) is 15.6 Å². The minimum absolute atomic E-state index is 0.0845. The van der Waals surface area contributed by atoms with Crippen LogP contribution in [0.2, 0.25) is 0 Å². The third kappa shape index (κ3) is 5.03. The maximum Gasteiger partial charge on any atom is 0.245 e. The highest BCUT2D eigenvalue weighted by atomic mass is 32.1. The Labute approximate surface area is 151 Å². The zero-order valence-electron chi connectivity index (χ0n) is 15.1. The molecule has 0 bridgehead atoms. The lowest BCUT2D eigenvalue weighted by atomic mass is 9.96. The summed E-state index contributed by atoms with van der Waals surface area (Å²) in [4.78, 5) is 28.2. The van der Waals surface area contributed by atoms with Gasteiger partial charge in [0.05, 0.1) is 19.3 Å². The highest BCUT2D eigenvalue weighted by Crippen LogP contribution is 2.32. The number of anilines is 1. The van der Waals surface area contributed by atoms with Gasteiger partial charge < -0.3 is 15.4 Å². The van der Waals surface area contributed by atoms with Crippen LogP contribution in [0.1, 0.15) is 26.3 Å². The molecule has 7 heteroatoms. The van der Waals surface area contributed by atoms with Gasteiger partial charge in [0.1, 0.15) is 5.75 Å². The Morgan fingerprint density at radius 3 is 2.64 bits per heavy atom. The van der Waals surface area contributed by atoms with Crippen molar-refractivity contribution < 1.29 is 14.3 Å².